The molecule has 0 bridgehead atoms. The van der Waals surface area contributed by atoms with E-state index >= 15 is 0 Å². The van der Waals surface area contributed by atoms with Crippen LogP contribution in [0.15, 0.2) is 39.5 Å². The van der Waals surface area contributed by atoms with Crippen molar-refractivity contribution in [2.75, 3.05) is 0 Å². The minimum absolute atomic E-state index is 0.0800. The van der Waals surface area contributed by atoms with Crippen LogP contribution in [0.25, 0.3) is 5.69 Å². The summed E-state index contributed by atoms with van der Waals surface area (Å²) in [6.45, 7) is 0. The topological polar surface area (TPSA) is 107 Å². The summed E-state index contributed by atoms with van der Waals surface area (Å²) in [7, 11) is -3.86. The van der Waals surface area contributed by atoms with Gasteiger partial charge in [0.15, 0.2) is 0 Å². The SMILES string of the molecule is O=C(NS(=O)(=O)c1cccs1)c1sccc1-n1cnnn1. The summed E-state index contributed by atoms with van der Waals surface area (Å²) < 4.78 is 27.5. The minimum Gasteiger partial charge on any atom is -0.267 e. The molecule has 1 amide bonds. The van der Waals surface area contributed by atoms with Crippen LogP contribution in [0.5, 0.6) is 0 Å². The maximum Gasteiger partial charge on any atom is 0.277 e. The minimum atomic E-state index is -3.86. The van der Waals surface area contributed by atoms with Gasteiger partial charge in [0, 0.05) is 0 Å². The second kappa shape index (κ2) is 5.35. The molecular weight excluding hydrogens is 334 g/mol. The largest absolute Gasteiger partial charge is 0.277 e. The Balaban J connectivity index is 1.89. The molecule has 0 aromatic carbocycles. The summed E-state index contributed by atoms with van der Waals surface area (Å²) in [5, 5.41) is 13.9. The Labute approximate surface area is 127 Å². The highest BCUT2D eigenvalue weighted by Crippen LogP contribution is 2.21. The molecule has 0 aliphatic rings. The molecule has 3 heterocycles. The summed E-state index contributed by atoms with van der Waals surface area (Å²) >= 11 is 2.14. The second-order valence-electron chi connectivity index (χ2n) is 3.76. The molecule has 0 saturated heterocycles. The van der Waals surface area contributed by atoms with Gasteiger partial charge in [-0.3, -0.25) is 4.79 Å². The molecule has 1 N–H and O–H groups in total. The molecule has 0 saturated carbocycles. The average Bonchev–Trinajstić information content (AvgIpc) is 3.19. The predicted octanol–water partition coefficient (Wildman–Crippen LogP) is 0.904. The fourth-order valence-corrected chi connectivity index (χ4v) is 4.35. The van der Waals surface area contributed by atoms with Gasteiger partial charge in [0.25, 0.3) is 15.9 Å². The van der Waals surface area contributed by atoms with Crippen LogP contribution in [-0.4, -0.2) is 34.5 Å². The normalized spacial score (nSPS) is 11.4. The molecule has 0 aliphatic heterocycles. The Bertz CT molecular complexity index is 852. The van der Waals surface area contributed by atoms with E-state index in [1.54, 1.807) is 22.9 Å². The van der Waals surface area contributed by atoms with Crippen LogP contribution in [0, 0.1) is 0 Å². The number of sulfonamides is 1. The summed E-state index contributed by atoms with van der Waals surface area (Å²) in [5.74, 6) is -0.719. The first-order valence-corrected chi connectivity index (χ1v) is 8.74. The number of carbonyl (C=O) groups excluding carboxylic acids is 1. The number of rotatable bonds is 4. The van der Waals surface area contributed by atoms with Crippen molar-refractivity contribution in [3.8, 4) is 5.69 Å². The van der Waals surface area contributed by atoms with Crippen molar-refractivity contribution in [1.82, 2.24) is 24.9 Å². The van der Waals surface area contributed by atoms with Gasteiger partial charge >= 0.3 is 0 Å². The summed E-state index contributed by atoms with van der Waals surface area (Å²) in [6.07, 6.45) is 1.33. The standard InChI is InChI=1S/C10H7N5O3S3/c16-10(12-21(17,18)8-2-1-4-19-8)9-7(3-5-20-9)15-6-11-13-14-15/h1-6H,(H,12,16). The number of hydrogen-bond donors (Lipinski definition) is 1. The van der Waals surface area contributed by atoms with Crippen LogP contribution in [0.4, 0.5) is 0 Å². The Kier molecular flexibility index (Phi) is 3.53. The molecular formula is C10H7N5O3S3. The zero-order chi connectivity index (χ0) is 14.9. The highest BCUT2D eigenvalue weighted by molar-refractivity contribution is 7.92. The number of aromatic nitrogens is 4. The Hall–Kier alpha value is -2.11. The van der Waals surface area contributed by atoms with Crippen LogP contribution >= 0.6 is 22.7 Å². The van der Waals surface area contributed by atoms with Gasteiger partial charge in [-0.25, -0.2) is 13.1 Å². The van der Waals surface area contributed by atoms with Gasteiger partial charge in [-0.15, -0.1) is 27.8 Å². The summed E-state index contributed by atoms with van der Waals surface area (Å²) in [5.41, 5.74) is 0.420. The third-order valence-corrected chi connectivity index (χ3v) is 6.06. The average molecular weight is 341 g/mol. The molecule has 8 nitrogen and oxygen atoms in total. The molecule has 0 radical (unpaired) electrons. The highest BCUT2D eigenvalue weighted by Gasteiger charge is 2.23. The van der Waals surface area contributed by atoms with Crippen LogP contribution in [0.2, 0.25) is 0 Å². The zero-order valence-electron chi connectivity index (χ0n) is 10.2. The molecule has 0 aliphatic carbocycles. The number of tetrazole rings is 1. The first-order chi connectivity index (χ1) is 10.1. The number of nitrogens with zero attached hydrogens (tertiary/aromatic N) is 4. The molecule has 3 aromatic rings. The maximum absolute atomic E-state index is 12.2. The van der Waals surface area contributed by atoms with Crippen LogP contribution in [0.3, 0.4) is 0 Å². The third kappa shape index (κ3) is 2.70. The highest BCUT2D eigenvalue weighted by atomic mass is 32.2. The van der Waals surface area contributed by atoms with Crippen LogP contribution < -0.4 is 4.72 Å². The van der Waals surface area contributed by atoms with E-state index in [-0.39, 0.29) is 9.09 Å². The fourth-order valence-electron chi connectivity index (χ4n) is 1.56. The van der Waals surface area contributed by atoms with E-state index in [4.69, 9.17) is 0 Å². The molecule has 108 valence electrons. The Morgan fingerprint density at radius 3 is 2.76 bits per heavy atom. The molecule has 11 heteroatoms. The maximum atomic E-state index is 12.2. The van der Waals surface area contributed by atoms with Crippen molar-refractivity contribution >= 4 is 38.6 Å². The smallest absolute Gasteiger partial charge is 0.267 e. The quantitative estimate of drug-likeness (QED) is 0.756. The molecule has 3 aromatic heterocycles. The zero-order valence-corrected chi connectivity index (χ0v) is 12.7. The monoisotopic (exact) mass is 341 g/mol. The molecule has 0 fully saturated rings. The van der Waals surface area contributed by atoms with E-state index in [0.29, 0.717) is 5.69 Å². The molecule has 0 spiro atoms. The lowest BCUT2D eigenvalue weighted by atomic mass is 10.4. The van der Waals surface area contributed by atoms with Gasteiger partial charge in [-0.2, -0.15) is 4.68 Å². The number of nitrogens with one attached hydrogen (secondary N) is 1. The van der Waals surface area contributed by atoms with Gasteiger partial charge < -0.3 is 0 Å². The molecule has 0 unspecified atom stereocenters. The van der Waals surface area contributed by atoms with Crippen molar-refractivity contribution in [3.05, 3.63) is 40.2 Å². The first kappa shape index (κ1) is 13.9. The lowest BCUT2D eigenvalue weighted by Gasteiger charge is -2.05. The number of thiophene rings is 2. The third-order valence-electron chi connectivity index (χ3n) is 2.43. The molecule has 21 heavy (non-hydrogen) atoms. The van der Waals surface area contributed by atoms with Crippen LogP contribution in [0.1, 0.15) is 9.67 Å². The lowest BCUT2D eigenvalue weighted by Crippen LogP contribution is -2.30. The van der Waals surface area contributed by atoms with Gasteiger partial charge in [0.2, 0.25) is 0 Å². The van der Waals surface area contributed by atoms with Crippen molar-refractivity contribution in [3.63, 3.8) is 0 Å². The Morgan fingerprint density at radius 1 is 1.24 bits per heavy atom. The van der Waals surface area contributed by atoms with E-state index in [1.165, 1.54) is 17.1 Å². The van der Waals surface area contributed by atoms with Crippen molar-refractivity contribution in [2.45, 2.75) is 4.21 Å². The first-order valence-electron chi connectivity index (χ1n) is 5.49. The van der Waals surface area contributed by atoms with Crippen molar-refractivity contribution in [2.24, 2.45) is 0 Å². The van der Waals surface area contributed by atoms with E-state index in [0.717, 1.165) is 22.7 Å². The molecule has 3 rings (SSSR count). The summed E-state index contributed by atoms with van der Waals surface area (Å²) in [6, 6.07) is 4.66. The summed E-state index contributed by atoms with van der Waals surface area (Å²) in [4.78, 5) is 12.4. The predicted molar refractivity (Wildman–Crippen MR) is 76.0 cm³/mol. The van der Waals surface area contributed by atoms with Gasteiger partial charge in [-0.05, 0) is 33.3 Å². The van der Waals surface area contributed by atoms with Gasteiger partial charge in [-0.1, -0.05) is 6.07 Å². The van der Waals surface area contributed by atoms with Gasteiger partial charge in [0.1, 0.15) is 15.4 Å². The van der Waals surface area contributed by atoms with Crippen LogP contribution in [-0.2, 0) is 10.0 Å². The lowest BCUT2D eigenvalue weighted by molar-refractivity contribution is 0.0985. The fraction of sp³-hybridized carbons (Fsp3) is 0. The van der Waals surface area contributed by atoms with E-state index in [1.807, 2.05) is 4.72 Å². The number of hydrogen-bond acceptors (Lipinski definition) is 8. The number of carbonyl (C=O) groups is 1. The van der Waals surface area contributed by atoms with E-state index in [9.17, 15) is 13.2 Å². The van der Waals surface area contributed by atoms with Crippen molar-refractivity contribution < 1.29 is 13.2 Å². The van der Waals surface area contributed by atoms with E-state index in [2.05, 4.69) is 15.5 Å². The van der Waals surface area contributed by atoms with Gasteiger partial charge in [0.05, 0.1) is 5.69 Å². The Morgan fingerprint density at radius 2 is 2.10 bits per heavy atom. The van der Waals surface area contributed by atoms with Crippen molar-refractivity contribution in [1.29, 1.82) is 0 Å². The number of amides is 1. The molecule has 0 atom stereocenters. The second-order valence-corrected chi connectivity index (χ2v) is 7.53. The van der Waals surface area contributed by atoms with E-state index < -0.39 is 15.9 Å².